The van der Waals surface area contributed by atoms with Crippen LogP contribution in [-0.4, -0.2) is 4.57 Å². The lowest BCUT2D eigenvalue weighted by Gasteiger charge is -2.13. The summed E-state index contributed by atoms with van der Waals surface area (Å²) in [6.45, 7) is 6.19. The van der Waals surface area contributed by atoms with Gasteiger partial charge in [0.1, 0.15) is 0 Å². The highest BCUT2D eigenvalue weighted by molar-refractivity contribution is 5.26. The van der Waals surface area contributed by atoms with Gasteiger partial charge >= 0.3 is 0 Å². The van der Waals surface area contributed by atoms with Gasteiger partial charge in [-0.05, 0) is 50.7 Å². The number of aromatic nitrogens is 1. The Kier molecular flexibility index (Phi) is 2.68. The molecule has 0 unspecified atom stereocenters. The van der Waals surface area contributed by atoms with Gasteiger partial charge in [-0.15, -0.1) is 0 Å². The number of hydrogen-bond acceptors (Lipinski definition) is 1. The highest BCUT2D eigenvalue weighted by Gasteiger charge is 2.25. The molecule has 0 atom stereocenters. The van der Waals surface area contributed by atoms with Gasteiger partial charge in [-0.3, -0.25) is 4.79 Å². The topological polar surface area (TPSA) is 22.0 Å². The third kappa shape index (κ3) is 1.99. The van der Waals surface area contributed by atoms with Crippen molar-refractivity contribution in [3.05, 3.63) is 33.7 Å². The van der Waals surface area contributed by atoms with Crippen LogP contribution >= 0.6 is 0 Å². The number of hydrogen-bond donors (Lipinski definition) is 0. The average molecular weight is 205 g/mol. The Morgan fingerprint density at radius 3 is 2.60 bits per heavy atom. The SMILES string of the molecule is CCc1cc(C2CC2)cn(C(C)C)c1=O. The molecular weight excluding hydrogens is 186 g/mol. The third-order valence-electron chi connectivity index (χ3n) is 3.12. The Balaban J connectivity index is 2.52. The van der Waals surface area contributed by atoms with Gasteiger partial charge < -0.3 is 4.57 Å². The standard InChI is InChI=1S/C13H19NO/c1-4-10-7-12(11-5-6-11)8-14(9(2)3)13(10)15/h7-9,11H,4-6H2,1-3H3. The van der Waals surface area contributed by atoms with E-state index in [4.69, 9.17) is 0 Å². The van der Waals surface area contributed by atoms with Crippen molar-refractivity contribution >= 4 is 0 Å². The first-order valence-electron chi connectivity index (χ1n) is 5.88. The summed E-state index contributed by atoms with van der Waals surface area (Å²) in [5.74, 6) is 0.723. The lowest BCUT2D eigenvalue weighted by Crippen LogP contribution is -2.25. The van der Waals surface area contributed by atoms with Crippen LogP contribution < -0.4 is 5.56 Å². The van der Waals surface area contributed by atoms with Crippen LogP contribution in [0, 0.1) is 0 Å². The predicted octanol–water partition coefficient (Wildman–Crippen LogP) is 2.87. The van der Waals surface area contributed by atoms with E-state index in [0.29, 0.717) is 0 Å². The number of nitrogens with zero attached hydrogens (tertiary/aromatic N) is 1. The van der Waals surface area contributed by atoms with E-state index in [0.717, 1.165) is 17.9 Å². The van der Waals surface area contributed by atoms with E-state index in [1.807, 2.05) is 4.57 Å². The molecule has 0 saturated heterocycles. The fourth-order valence-electron chi connectivity index (χ4n) is 1.96. The maximum atomic E-state index is 12.0. The van der Waals surface area contributed by atoms with Crippen molar-refractivity contribution in [2.75, 3.05) is 0 Å². The molecule has 2 nitrogen and oxygen atoms in total. The minimum atomic E-state index is 0.192. The van der Waals surface area contributed by atoms with Crippen molar-refractivity contribution < 1.29 is 0 Å². The number of rotatable bonds is 3. The molecule has 1 fully saturated rings. The van der Waals surface area contributed by atoms with E-state index in [2.05, 4.69) is 33.0 Å². The van der Waals surface area contributed by atoms with Crippen LogP contribution in [0.4, 0.5) is 0 Å². The van der Waals surface area contributed by atoms with Gasteiger partial charge in [0, 0.05) is 17.8 Å². The van der Waals surface area contributed by atoms with Gasteiger partial charge in [0.15, 0.2) is 0 Å². The molecule has 1 aliphatic rings. The molecule has 82 valence electrons. The van der Waals surface area contributed by atoms with E-state index in [-0.39, 0.29) is 11.6 Å². The molecule has 0 bridgehead atoms. The largest absolute Gasteiger partial charge is 0.313 e. The zero-order chi connectivity index (χ0) is 11.0. The van der Waals surface area contributed by atoms with E-state index < -0.39 is 0 Å². The van der Waals surface area contributed by atoms with Crippen molar-refractivity contribution in [2.45, 2.75) is 52.0 Å². The van der Waals surface area contributed by atoms with Crippen molar-refractivity contribution in [3.8, 4) is 0 Å². The van der Waals surface area contributed by atoms with E-state index in [1.165, 1.54) is 18.4 Å². The van der Waals surface area contributed by atoms with Gasteiger partial charge in [0.25, 0.3) is 5.56 Å². The molecule has 0 spiro atoms. The molecule has 2 rings (SSSR count). The monoisotopic (exact) mass is 205 g/mol. The lowest BCUT2D eigenvalue weighted by atomic mass is 10.1. The molecule has 0 N–H and O–H groups in total. The van der Waals surface area contributed by atoms with E-state index in [1.54, 1.807) is 0 Å². The van der Waals surface area contributed by atoms with Crippen molar-refractivity contribution in [2.24, 2.45) is 0 Å². The Hall–Kier alpha value is -1.05. The molecule has 0 amide bonds. The van der Waals surface area contributed by atoms with Gasteiger partial charge in [0.05, 0.1) is 0 Å². The molecule has 0 radical (unpaired) electrons. The van der Waals surface area contributed by atoms with Crippen LogP contribution in [0.2, 0.25) is 0 Å². The summed E-state index contributed by atoms with van der Waals surface area (Å²) >= 11 is 0. The first kappa shape index (κ1) is 10.5. The lowest BCUT2D eigenvalue weighted by molar-refractivity contribution is 0.569. The second-order valence-corrected chi connectivity index (χ2v) is 4.73. The number of pyridine rings is 1. The predicted molar refractivity (Wildman–Crippen MR) is 62.4 cm³/mol. The molecule has 1 heterocycles. The molecule has 1 saturated carbocycles. The van der Waals surface area contributed by atoms with Crippen molar-refractivity contribution in [1.82, 2.24) is 4.57 Å². The Labute approximate surface area is 90.9 Å². The minimum absolute atomic E-state index is 0.192. The normalized spacial score (nSPS) is 16.0. The Bertz CT molecular complexity index is 413. The smallest absolute Gasteiger partial charge is 0.253 e. The fourth-order valence-corrected chi connectivity index (χ4v) is 1.96. The first-order valence-corrected chi connectivity index (χ1v) is 5.88. The maximum absolute atomic E-state index is 12.0. The quantitative estimate of drug-likeness (QED) is 0.743. The van der Waals surface area contributed by atoms with Crippen LogP contribution in [-0.2, 0) is 6.42 Å². The zero-order valence-corrected chi connectivity index (χ0v) is 9.79. The van der Waals surface area contributed by atoms with Crippen LogP contribution in [0.1, 0.15) is 56.7 Å². The van der Waals surface area contributed by atoms with Crippen LogP contribution in [0.5, 0.6) is 0 Å². The summed E-state index contributed by atoms with van der Waals surface area (Å²) in [5, 5.41) is 0. The molecular formula is C13H19NO. The molecule has 1 aromatic heterocycles. The molecule has 2 heteroatoms. The fraction of sp³-hybridized carbons (Fsp3) is 0.615. The summed E-state index contributed by atoms with van der Waals surface area (Å²) in [5.41, 5.74) is 2.52. The molecule has 1 aliphatic carbocycles. The maximum Gasteiger partial charge on any atom is 0.253 e. The second-order valence-electron chi connectivity index (χ2n) is 4.73. The average Bonchev–Trinajstić information content (AvgIpc) is 3.01. The third-order valence-corrected chi connectivity index (χ3v) is 3.12. The van der Waals surface area contributed by atoms with Gasteiger partial charge in [-0.1, -0.05) is 6.92 Å². The van der Waals surface area contributed by atoms with E-state index in [9.17, 15) is 4.79 Å². The van der Waals surface area contributed by atoms with Crippen LogP contribution in [0.25, 0.3) is 0 Å². The summed E-state index contributed by atoms with van der Waals surface area (Å²) in [6, 6.07) is 2.38. The summed E-state index contributed by atoms with van der Waals surface area (Å²) < 4.78 is 1.88. The minimum Gasteiger partial charge on any atom is -0.313 e. The second kappa shape index (κ2) is 3.84. The van der Waals surface area contributed by atoms with Crippen molar-refractivity contribution in [3.63, 3.8) is 0 Å². The zero-order valence-electron chi connectivity index (χ0n) is 9.79. The highest BCUT2D eigenvalue weighted by Crippen LogP contribution is 2.40. The summed E-state index contributed by atoms with van der Waals surface area (Å²) in [4.78, 5) is 12.0. The van der Waals surface area contributed by atoms with Crippen molar-refractivity contribution in [1.29, 1.82) is 0 Å². The van der Waals surface area contributed by atoms with Gasteiger partial charge in [-0.25, -0.2) is 0 Å². The molecule has 0 aliphatic heterocycles. The summed E-state index contributed by atoms with van der Waals surface area (Å²) in [6.07, 6.45) is 5.48. The Morgan fingerprint density at radius 2 is 2.13 bits per heavy atom. The van der Waals surface area contributed by atoms with E-state index >= 15 is 0 Å². The molecule has 15 heavy (non-hydrogen) atoms. The van der Waals surface area contributed by atoms with Crippen LogP contribution in [0.3, 0.4) is 0 Å². The first-order chi connectivity index (χ1) is 7.13. The summed E-state index contributed by atoms with van der Waals surface area (Å²) in [7, 11) is 0. The molecule has 0 aromatic carbocycles. The van der Waals surface area contributed by atoms with Gasteiger partial charge in [-0.2, -0.15) is 0 Å². The Morgan fingerprint density at radius 1 is 1.47 bits per heavy atom. The molecule has 1 aromatic rings. The highest BCUT2D eigenvalue weighted by atomic mass is 16.1. The van der Waals surface area contributed by atoms with Gasteiger partial charge in [0.2, 0.25) is 0 Å². The van der Waals surface area contributed by atoms with Crippen LogP contribution in [0.15, 0.2) is 17.1 Å². The number of aryl methyl sites for hydroxylation is 1.